The summed E-state index contributed by atoms with van der Waals surface area (Å²) in [5.74, 6) is 0.129. The fraction of sp³-hybridized carbons (Fsp3) is 0.733. The number of nitrogens with two attached hydrogens (primary N) is 1. The standard InChI is InChI=1S/C15H24N4O2S.2ClH/c1-2-12-10-17-15(22-12)19-7-5-18(6-8-19)14(20)13-4-3-11(9-16)21-13;;/h10-11,13H,2-9,16H2,1H3;2*1H/t11-,13+;;/m1../s1. The van der Waals surface area contributed by atoms with Gasteiger partial charge >= 0.3 is 0 Å². The Bertz CT molecular complexity index is 523. The number of thiazole rings is 1. The van der Waals surface area contributed by atoms with E-state index >= 15 is 0 Å². The van der Waals surface area contributed by atoms with Gasteiger partial charge in [0.2, 0.25) is 0 Å². The zero-order valence-electron chi connectivity index (χ0n) is 13.8. The molecule has 0 radical (unpaired) electrons. The predicted octanol–water partition coefficient (Wildman–Crippen LogP) is 1.70. The average Bonchev–Trinajstić information content (AvgIpc) is 3.23. The summed E-state index contributed by atoms with van der Waals surface area (Å²) in [5.41, 5.74) is 5.61. The third-order valence-corrected chi connectivity index (χ3v) is 5.60. The number of carbonyl (C=O) groups excluding carboxylic acids is 1. The topological polar surface area (TPSA) is 71.7 Å². The third-order valence-electron chi connectivity index (χ3n) is 4.40. The highest BCUT2D eigenvalue weighted by Crippen LogP contribution is 2.25. The maximum absolute atomic E-state index is 12.5. The molecule has 0 spiro atoms. The van der Waals surface area contributed by atoms with E-state index in [0.717, 1.165) is 50.6 Å². The van der Waals surface area contributed by atoms with E-state index in [0.29, 0.717) is 6.54 Å². The maximum atomic E-state index is 12.5. The summed E-state index contributed by atoms with van der Waals surface area (Å²) in [5, 5.41) is 1.07. The molecule has 2 N–H and O–H groups in total. The Balaban J connectivity index is 0.00000144. The van der Waals surface area contributed by atoms with E-state index < -0.39 is 0 Å². The fourth-order valence-electron chi connectivity index (χ4n) is 2.99. The van der Waals surface area contributed by atoms with Gasteiger partial charge in [-0.2, -0.15) is 0 Å². The molecule has 1 amide bonds. The number of hydrogen-bond acceptors (Lipinski definition) is 6. The first kappa shape index (κ1) is 21.4. The lowest BCUT2D eigenvalue weighted by atomic mass is 10.1. The maximum Gasteiger partial charge on any atom is 0.251 e. The highest BCUT2D eigenvalue weighted by molar-refractivity contribution is 7.15. The molecule has 1 aromatic rings. The smallest absolute Gasteiger partial charge is 0.251 e. The van der Waals surface area contributed by atoms with Crippen LogP contribution in [-0.2, 0) is 16.0 Å². The number of rotatable bonds is 4. The Morgan fingerprint density at radius 3 is 2.58 bits per heavy atom. The number of hydrogen-bond donors (Lipinski definition) is 1. The normalized spacial score (nSPS) is 23.6. The van der Waals surface area contributed by atoms with Crippen molar-refractivity contribution in [3.8, 4) is 0 Å². The van der Waals surface area contributed by atoms with Crippen LogP contribution in [0, 0.1) is 0 Å². The quantitative estimate of drug-likeness (QED) is 0.838. The molecule has 2 fully saturated rings. The van der Waals surface area contributed by atoms with Crippen molar-refractivity contribution < 1.29 is 9.53 Å². The van der Waals surface area contributed by atoms with Gasteiger partial charge in [-0.3, -0.25) is 4.79 Å². The van der Waals surface area contributed by atoms with Crippen molar-refractivity contribution in [2.45, 2.75) is 38.4 Å². The van der Waals surface area contributed by atoms with E-state index in [-0.39, 0.29) is 42.9 Å². The Labute approximate surface area is 159 Å². The van der Waals surface area contributed by atoms with Crippen molar-refractivity contribution in [3.63, 3.8) is 0 Å². The number of carbonyl (C=O) groups is 1. The average molecular weight is 397 g/mol. The van der Waals surface area contributed by atoms with Crippen molar-refractivity contribution >= 4 is 47.2 Å². The number of anilines is 1. The van der Waals surface area contributed by atoms with Gasteiger partial charge in [0.15, 0.2) is 5.13 Å². The zero-order valence-corrected chi connectivity index (χ0v) is 16.3. The van der Waals surface area contributed by atoms with E-state index in [1.807, 2.05) is 11.1 Å². The van der Waals surface area contributed by atoms with Gasteiger partial charge in [0.05, 0.1) is 6.10 Å². The largest absolute Gasteiger partial charge is 0.364 e. The van der Waals surface area contributed by atoms with E-state index in [9.17, 15) is 4.79 Å². The molecular weight excluding hydrogens is 371 g/mol. The molecule has 9 heteroatoms. The Morgan fingerprint density at radius 2 is 2.04 bits per heavy atom. The summed E-state index contributed by atoms with van der Waals surface area (Å²) in [6, 6.07) is 0. The minimum Gasteiger partial charge on any atom is -0.364 e. The van der Waals surface area contributed by atoms with Gasteiger partial charge in [-0.25, -0.2) is 4.98 Å². The molecule has 2 saturated heterocycles. The van der Waals surface area contributed by atoms with Gasteiger partial charge in [0, 0.05) is 43.8 Å². The van der Waals surface area contributed by atoms with Crippen molar-refractivity contribution in [1.82, 2.24) is 9.88 Å². The molecule has 0 bridgehead atoms. The van der Waals surface area contributed by atoms with Crippen LogP contribution in [0.4, 0.5) is 5.13 Å². The molecule has 3 heterocycles. The lowest BCUT2D eigenvalue weighted by Gasteiger charge is -2.35. The van der Waals surface area contributed by atoms with E-state index in [1.165, 1.54) is 4.88 Å². The second kappa shape index (κ2) is 9.77. The summed E-state index contributed by atoms with van der Waals surface area (Å²) < 4.78 is 5.71. The lowest BCUT2D eigenvalue weighted by Crippen LogP contribution is -2.51. The van der Waals surface area contributed by atoms with Gasteiger partial charge in [0.25, 0.3) is 5.91 Å². The molecule has 0 aliphatic carbocycles. The van der Waals surface area contributed by atoms with Gasteiger partial charge in [-0.1, -0.05) is 6.92 Å². The second-order valence-electron chi connectivity index (χ2n) is 5.83. The van der Waals surface area contributed by atoms with Crippen LogP contribution in [0.3, 0.4) is 0 Å². The van der Waals surface area contributed by atoms with Gasteiger partial charge in [-0.05, 0) is 19.3 Å². The van der Waals surface area contributed by atoms with Gasteiger partial charge < -0.3 is 20.3 Å². The van der Waals surface area contributed by atoms with Crippen LogP contribution in [0.25, 0.3) is 0 Å². The highest BCUT2D eigenvalue weighted by Gasteiger charge is 2.34. The molecule has 0 aromatic carbocycles. The molecule has 6 nitrogen and oxygen atoms in total. The summed E-state index contributed by atoms with van der Waals surface area (Å²) in [4.78, 5) is 22.5. The summed E-state index contributed by atoms with van der Waals surface area (Å²) in [6.45, 7) is 5.82. The first-order chi connectivity index (χ1) is 10.7. The molecule has 3 rings (SSSR count). The van der Waals surface area contributed by atoms with Crippen molar-refractivity contribution in [1.29, 1.82) is 0 Å². The molecule has 2 aliphatic heterocycles. The number of ether oxygens (including phenoxy) is 1. The summed E-state index contributed by atoms with van der Waals surface area (Å²) in [7, 11) is 0. The Hall–Kier alpha value is -0.600. The number of amides is 1. The van der Waals surface area contributed by atoms with Crippen LogP contribution in [0.5, 0.6) is 0 Å². The van der Waals surface area contributed by atoms with Crippen molar-refractivity contribution in [3.05, 3.63) is 11.1 Å². The number of nitrogens with zero attached hydrogens (tertiary/aromatic N) is 3. The minimum absolute atomic E-state index is 0. The first-order valence-electron chi connectivity index (χ1n) is 8.05. The molecule has 138 valence electrons. The van der Waals surface area contributed by atoms with E-state index in [1.54, 1.807) is 11.3 Å². The SMILES string of the molecule is CCc1cnc(N2CCN(C(=O)[C@@H]3CC[C@H](CN)O3)CC2)s1.Cl.Cl. The van der Waals surface area contributed by atoms with E-state index in [4.69, 9.17) is 10.5 Å². The van der Waals surface area contributed by atoms with Gasteiger partial charge in [-0.15, -0.1) is 36.2 Å². The number of piperazine rings is 1. The number of halogens is 2. The van der Waals surface area contributed by atoms with E-state index in [2.05, 4.69) is 16.8 Å². The summed E-state index contributed by atoms with van der Waals surface area (Å²) in [6.07, 6.45) is 4.44. The molecule has 1 aromatic heterocycles. The first-order valence-corrected chi connectivity index (χ1v) is 8.87. The van der Waals surface area contributed by atoms with Crippen LogP contribution >= 0.6 is 36.2 Å². The fourth-order valence-corrected chi connectivity index (χ4v) is 3.89. The highest BCUT2D eigenvalue weighted by atomic mass is 35.5. The van der Waals surface area contributed by atoms with Crippen LogP contribution < -0.4 is 10.6 Å². The van der Waals surface area contributed by atoms with Crippen LogP contribution in [0.1, 0.15) is 24.6 Å². The monoisotopic (exact) mass is 396 g/mol. The van der Waals surface area contributed by atoms with Crippen LogP contribution in [0.2, 0.25) is 0 Å². The van der Waals surface area contributed by atoms with Gasteiger partial charge in [0.1, 0.15) is 6.10 Å². The van der Waals surface area contributed by atoms with Crippen LogP contribution in [0.15, 0.2) is 6.20 Å². The van der Waals surface area contributed by atoms with Crippen LogP contribution in [-0.4, -0.2) is 60.7 Å². The molecule has 24 heavy (non-hydrogen) atoms. The molecule has 0 saturated carbocycles. The predicted molar refractivity (Wildman–Crippen MR) is 102 cm³/mol. The summed E-state index contributed by atoms with van der Waals surface area (Å²) >= 11 is 1.75. The molecule has 2 atom stereocenters. The Kier molecular flexibility index (Phi) is 8.73. The molecule has 2 aliphatic rings. The lowest BCUT2D eigenvalue weighted by molar-refractivity contribution is -0.143. The third kappa shape index (κ3) is 4.73. The zero-order chi connectivity index (χ0) is 15.5. The molecule has 0 unspecified atom stereocenters. The Morgan fingerprint density at radius 1 is 1.33 bits per heavy atom. The second-order valence-corrected chi connectivity index (χ2v) is 6.93. The minimum atomic E-state index is -0.286. The number of aryl methyl sites for hydroxylation is 1. The van der Waals surface area contributed by atoms with Crippen molar-refractivity contribution in [2.75, 3.05) is 37.6 Å². The van der Waals surface area contributed by atoms with Crippen molar-refractivity contribution in [2.24, 2.45) is 5.73 Å². The molecular formula is C15H26Cl2N4O2S. The number of aromatic nitrogens is 1.